The summed E-state index contributed by atoms with van der Waals surface area (Å²) < 4.78 is 98.9. The van der Waals surface area contributed by atoms with Gasteiger partial charge in [-0.1, -0.05) is 24.3 Å². The van der Waals surface area contributed by atoms with Crippen LogP contribution in [0.25, 0.3) is 0 Å². The van der Waals surface area contributed by atoms with Crippen LogP contribution in [0.3, 0.4) is 0 Å². The van der Waals surface area contributed by atoms with E-state index in [0.717, 1.165) is 12.1 Å². The van der Waals surface area contributed by atoms with E-state index in [9.17, 15) is 35.5 Å². The van der Waals surface area contributed by atoms with Gasteiger partial charge in [-0.15, -0.1) is 0 Å². The summed E-state index contributed by atoms with van der Waals surface area (Å²) in [5.41, 5.74) is 0.438. The van der Waals surface area contributed by atoms with E-state index in [2.05, 4.69) is 10.4 Å². The lowest BCUT2D eigenvalue weighted by atomic mass is 10.1. The fourth-order valence-corrected chi connectivity index (χ4v) is 3.34. The van der Waals surface area contributed by atoms with Gasteiger partial charge in [-0.2, -0.15) is 27.1 Å². The zero-order valence-corrected chi connectivity index (χ0v) is 18.6. The summed E-state index contributed by atoms with van der Waals surface area (Å²) in [6, 6.07) is 10.5. The van der Waals surface area contributed by atoms with Gasteiger partial charge in [0.25, 0.3) is 5.91 Å². The van der Waals surface area contributed by atoms with Crippen LogP contribution in [0.2, 0.25) is 0 Å². The van der Waals surface area contributed by atoms with Crippen molar-refractivity contribution in [3.63, 3.8) is 0 Å². The van der Waals surface area contributed by atoms with Crippen molar-refractivity contribution in [1.82, 2.24) is 9.78 Å². The second-order valence-electron chi connectivity index (χ2n) is 7.86. The average molecular weight is 523 g/mol. The Hall–Kier alpha value is -4.35. The molecule has 4 aromatic rings. The summed E-state index contributed by atoms with van der Waals surface area (Å²) in [5.74, 6) is -8.25. The molecule has 0 unspecified atom stereocenters. The highest BCUT2D eigenvalue weighted by molar-refractivity contribution is 6.04. The molecule has 5 nitrogen and oxygen atoms in total. The monoisotopic (exact) mass is 523 g/mol. The Bertz CT molecular complexity index is 1410. The second kappa shape index (κ2) is 10.3. The van der Waals surface area contributed by atoms with Gasteiger partial charge in [0.2, 0.25) is 11.6 Å². The number of hydrogen-bond donors (Lipinski definition) is 1. The molecule has 0 aliphatic carbocycles. The van der Waals surface area contributed by atoms with Crippen molar-refractivity contribution in [2.24, 2.45) is 0 Å². The number of nitrogens with one attached hydrogen (secondary N) is 1. The molecular weight excluding hydrogens is 507 g/mol. The number of alkyl halides is 3. The number of ether oxygens (including phenoxy) is 1. The largest absolute Gasteiger partial charge is 0.483 e. The van der Waals surface area contributed by atoms with Crippen molar-refractivity contribution in [2.75, 3.05) is 5.32 Å². The van der Waals surface area contributed by atoms with Crippen molar-refractivity contribution in [3.05, 3.63) is 113 Å². The number of carbonyl (C=O) groups excluding carboxylic acids is 1. The van der Waals surface area contributed by atoms with Crippen LogP contribution < -0.4 is 10.1 Å². The molecule has 0 spiro atoms. The summed E-state index contributed by atoms with van der Waals surface area (Å²) in [6.45, 7) is -0.383. The molecule has 0 saturated heterocycles. The molecule has 1 heterocycles. The predicted octanol–water partition coefficient (Wildman–Crippen LogP) is 6.34. The van der Waals surface area contributed by atoms with Crippen molar-refractivity contribution < 1.29 is 40.3 Å². The highest BCUT2D eigenvalue weighted by Crippen LogP contribution is 2.30. The zero-order chi connectivity index (χ0) is 26.7. The van der Waals surface area contributed by atoms with Crippen LogP contribution in [0, 0.1) is 23.3 Å². The predicted molar refractivity (Wildman–Crippen MR) is 118 cm³/mol. The number of benzene rings is 3. The maximum absolute atomic E-state index is 13.7. The van der Waals surface area contributed by atoms with Crippen molar-refractivity contribution in [1.29, 1.82) is 0 Å². The molecule has 0 radical (unpaired) electrons. The van der Waals surface area contributed by atoms with Gasteiger partial charge in [-0.3, -0.25) is 9.48 Å². The highest BCUT2D eigenvalue weighted by atomic mass is 19.4. The van der Waals surface area contributed by atoms with Crippen LogP contribution in [0.5, 0.6) is 5.75 Å². The van der Waals surface area contributed by atoms with E-state index < -0.39 is 53.3 Å². The number of hydrogen-bond acceptors (Lipinski definition) is 3. The average Bonchev–Trinajstić information content (AvgIpc) is 3.29. The van der Waals surface area contributed by atoms with Crippen LogP contribution >= 0.6 is 0 Å². The van der Waals surface area contributed by atoms with Crippen molar-refractivity contribution >= 4 is 11.6 Å². The third-order valence-corrected chi connectivity index (χ3v) is 5.16. The van der Waals surface area contributed by atoms with Gasteiger partial charge in [0.1, 0.15) is 6.61 Å². The Balaban J connectivity index is 1.36. The zero-order valence-electron chi connectivity index (χ0n) is 18.6. The topological polar surface area (TPSA) is 56.2 Å². The lowest BCUT2D eigenvalue weighted by Crippen LogP contribution is -2.11. The molecule has 192 valence electrons. The number of anilines is 1. The summed E-state index contributed by atoms with van der Waals surface area (Å²) >= 11 is 0. The van der Waals surface area contributed by atoms with Gasteiger partial charge >= 0.3 is 6.18 Å². The Labute approximate surface area is 205 Å². The first-order valence-corrected chi connectivity index (χ1v) is 10.6. The van der Waals surface area contributed by atoms with Crippen LogP contribution in [-0.4, -0.2) is 15.7 Å². The Kier molecular flexibility index (Phi) is 7.18. The first-order valence-electron chi connectivity index (χ1n) is 10.6. The first-order chi connectivity index (χ1) is 17.5. The van der Waals surface area contributed by atoms with Crippen LogP contribution in [0.4, 0.5) is 36.4 Å². The fourth-order valence-electron chi connectivity index (χ4n) is 3.34. The summed E-state index contributed by atoms with van der Waals surface area (Å²) in [7, 11) is 0. The summed E-state index contributed by atoms with van der Waals surface area (Å²) in [5, 5.41) is 6.62. The highest BCUT2D eigenvalue weighted by Gasteiger charge is 2.30. The van der Waals surface area contributed by atoms with Gasteiger partial charge in [-0.05, 0) is 35.4 Å². The maximum Gasteiger partial charge on any atom is 0.416 e. The molecular formula is C25H16F7N3O2. The first kappa shape index (κ1) is 25.7. The molecule has 1 aromatic heterocycles. The van der Waals surface area contributed by atoms with Gasteiger partial charge < -0.3 is 10.1 Å². The molecule has 12 heteroatoms. The smallest absolute Gasteiger partial charge is 0.416 e. The summed E-state index contributed by atoms with van der Waals surface area (Å²) in [4.78, 5) is 12.5. The molecule has 0 atom stereocenters. The molecule has 0 bridgehead atoms. The number of carbonyl (C=O) groups is 1. The Morgan fingerprint density at radius 1 is 0.919 bits per heavy atom. The molecule has 4 rings (SSSR count). The third kappa shape index (κ3) is 6.08. The van der Waals surface area contributed by atoms with Crippen LogP contribution in [0.15, 0.2) is 67.0 Å². The quantitative estimate of drug-likeness (QED) is 0.227. The van der Waals surface area contributed by atoms with Gasteiger partial charge in [0, 0.05) is 17.8 Å². The fraction of sp³-hybridized carbons (Fsp3) is 0.120. The molecule has 3 aromatic carbocycles. The maximum atomic E-state index is 13.7. The minimum Gasteiger partial charge on any atom is -0.483 e. The van der Waals surface area contributed by atoms with Crippen LogP contribution in [-0.2, 0) is 19.3 Å². The molecule has 1 N–H and O–H groups in total. The molecule has 1 amide bonds. The number of aromatic nitrogens is 2. The minimum absolute atomic E-state index is 0.0465. The second-order valence-corrected chi connectivity index (χ2v) is 7.86. The minimum atomic E-state index is -4.47. The third-order valence-electron chi connectivity index (χ3n) is 5.16. The molecule has 0 aliphatic rings. The van der Waals surface area contributed by atoms with Gasteiger partial charge in [-0.25, -0.2) is 8.78 Å². The standard InChI is InChI=1S/C25H16F7N3O2/c26-19-9-20(27)22(29)23(21(19)28)37-13-14-4-6-16(7-5-14)24(36)34-18-10-33-35(12-18)11-15-2-1-3-17(8-15)25(30,31)32/h1-10,12H,11,13H2,(H,34,36). The van der Waals surface area contributed by atoms with Gasteiger partial charge in [0.15, 0.2) is 17.4 Å². The normalized spacial score (nSPS) is 11.4. The lowest BCUT2D eigenvalue weighted by Gasteiger charge is -2.10. The van der Waals surface area contributed by atoms with E-state index in [1.54, 1.807) is 0 Å². The molecule has 0 saturated carbocycles. The van der Waals surface area contributed by atoms with E-state index in [4.69, 9.17) is 4.74 Å². The molecule has 37 heavy (non-hydrogen) atoms. The van der Waals surface area contributed by atoms with Crippen LogP contribution in [0.1, 0.15) is 27.0 Å². The lowest BCUT2D eigenvalue weighted by molar-refractivity contribution is -0.137. The molecule has 0 fully saturated rings. The van der Waals surface area contributed by atoms with E-state index in [1.165, 1.54) is 53.5 Å². The Morgan fingerprint density at radius 2 is 1.59 bits per heavy atom. The SMILES string of the molecule is O=C(Nc1cnn(Cc2cccc(C(F)(F)F)c2)c1)c1ccc(COc2c(F)c(F)cc(F)c2F)cc1. The van der Waals surface area contributed by atoms with Gasteiger partial charge in [0.05, 0.1) is 24.0 Å². The number of amides is 1. The van der Waals surface area contributed by atoms with E-state index >= 15 is 0 Å². The van der Waals surface area contributed by atoms with Crippen molar-refractivity contribution in [3.8, 4) is 5.75 Å². The summed E-state index contributed by atoms with van der Waals surface area (Å²) in [6.07, 6.45) is -1.69. The van der Waals surface area contributed by atoms with E-state index in [-0.39, 0.29) is 18.2 Å². The number of rotatable bonds is 7. The number of nitrogens with zero attached hydrogens (tertiary/aromatic N) is 2. The number of halogens is 7. The van der Waals surface area contributed by atoms with Crippen molar-refractivity contribution in [2.45, 2.75) is 19.3 Å². The van der Waals surface area contributed by atoms with E-state index in [1.807, 2.05) is 0 Å². The van der Waals surface area contributed by atoms with E-state index in [0.29, 0.717) is 16.8 Å². The Morgan fingerprint density at radius 3 is 2.24 bits per heavy atom. The molecule has 0 aliphatic heterocycles.